The molecule has 0 saturated carbocycles. The second-order valence-corrected chi connectivity index (χ2v) is 4.65. The van der Waals surface area contributed by atoms with E-state index in [-0.39, 0.29) is 5.78 Å². The summed E-state index contributed by atoms with van der Waals surface area (Å²) in [6.45, 7) is 4.28. The predicted octanol–water partition coefficient (Wildman–Crippen LogP) is 3.90. The number of carbonyl (C=O) groups is 2. The first-order valence-corrected chi connectivity index (χ1v) is 7.22. The second-order valence-electron chi connectivity index (χ2n) is 4.65. The number of hydrogen-bond donors (Lipinski definition) is 0. The van der Waals surface area contributed by atoms with E-state index in [4.69, 9.17) is 9.47 Å². The van der Waals surface area contributed by atoms with Crippen molar-refractivity contribution in [1.29, 1.82) is 0 Å². The molecule has 4 heteroatoms. The molecule has 0 aliphatic carbocycles. The monoisotopic (exact) mass is 298 g/mol. The van der Waals surface area contributed by atoms with Crippen molar-refractivity contribution in [2.75, 3.05) is 6.61 Å². The lowest BCUT2D eigenvalue weighted by atomic mass is 10.1. The Morgan fingerprint density at radius 3 is 1.91 bits per heavy atom. The molecular formula is C18H18O4. The Labute approximate surface area is 129 Å². The van der Waals surface area contributed by atoms with Gasteiger partial charge in [0.25, 0.3) is 0 Å². The fraction of sp³-hybridized carbons (Fsp3) is 0.222. The fourth-order valence-corrected chi connectivity index (χ4v) is 1.93. The van der Waals surface area contributed by atoms with E-state index >= 15 is 0 Å². The maximum absolute atomic E-state index is 12.0. The highest BCUT2D eigenvalue weighted by Gasteiger charge is 2.09. The largest absolute Gasteiger partial charge is 0.494 e. The van der Waals surface area contributed by atoms with Crippen molar-refractivity contribution in [3.8, 4) is 11.5 Å². The minimum Gasteiger partial charge on any atom is -0.494 e. The Kier molecular flexibility index (Phi) is 5.31. The molecule has 0 bridgehead atoms. The van der Waals surface area contributed by atoms with Crippen LogP contribution in [0.3, 0.4) is 0 Å². The molecule has 0 unspecified atom stereocenters. The SMILES string of the molecule is CCOc1ccc(C(=O)Oc2ccc(C(=O)CC)cc2)cc1. The van der Waals surface area contributed by atoms with Crippen LogP contribution >= 0.6 is 0 Å². The highest BCUT2D eigenvalue weighted by molar-refractivity contribution is 5.96. The number of benzene rings is 2. The highest BCUT2D eigenvalue weighted by Crippen LogP contribution is 2.17. The third-order valence-corrected chi connectivity index (χ3v) is 3.11. The molecular weight excluding hydrogens is 280 g/mol. The average molecular weight is 298 g/mol. The van der Waals surface area contributed by atoms with Crippen molar-refractivity contribution in [1.82, 2.24) is 0 Å². The number of Topliss-reactive ketones (excluding diaryl/α,β-unsaturated/α-hetero) is 1. The standard InChI is InChI=1S/C18H18O4/c1-3-17(19)13-5-11-16(12-6-13)22-18(20)14-7-9-15(10-8-14)21-4-2/h5-12H,3-4H2,1-2H3. The third-order valence-electron chi connectivity index (χ3n) is 3.11. The van der Waals surface area contributed by atoms with Crippen molar-refractivity contribution >= 4 is 11.8 Å². The van der Waals surface area contributed by atoms with E-state index in [1.165, 1.54) is 0 Å². The zero-order valence-electron chi connectivity index (χ0n) is 12.7. The minimum atomic E-state index is -0.447. The summed E-state index contributed by atoms with van der Waals surface area (Å²) in [5, 5.41) is 0. The summed E-state index contributed by atoms with van der Waals surface area (Å²) in [5.74, 6) is 0.732. The van der Waals surface area contributed by atoms with Gasteiger partial charge >= 0.3 is 5.97 Å². The maximum Gasteiger partial charge on any atom is 0.343 e. The van der Waals surface area contributed by atoms with Gasteiger partial charge in [0.15, 0.2) is 5.78 Å². The molecule has 0 aliphatic heterocycles. The van der Waals surface area contributed by atoms with Crippen LogP contribution in [0, 0.1) is 0 Å². The molecule has 0 fully saturated rings. The number of esters is 1. The van der Waals surface area contributed by atoms with Crippen LogP contribution in [-0.4, -0.2) is 18.4 Å². The lowest BCUT2D eigenvalue weighted by Crippen LogP contribution is -2.08. The molecule has 0 atom stereocenters. The van der Waals surface area contributed by atoms with Gasteiger partial charge in [-0.1, -0.05) is 6.92 Å². The van der Waals surface area contributed by atoms with E-state index in [9.17, 15) is 9.59 Å². The van der Waals surface area contributed by atoms with Gasteiger partial charge in [-0.15, -0.1) is 0 Å². The van der Waals surface area contributed by atoms with Gasteiger partial charge in [0.05, 0.1) is 12.2 Å². The summed E-state index contributed by atoms with van der Waals surface area (Å²) in [5.41, 5.74) is 1.06. The Hall–Kier alpha value is -2.62. The first kappa shape index (κ1) is 15.8. The lowest BCUT2D eigenvalue weighted by molar-refractivity contribution is 0.0734. The van der Waals surface area contributed by atoms with Gasteiger partial charge in [0, 0.05) is 12.0 Å². The summed E-state index contributed by atoms with van der Waals surface area (Å²) < 4.78 is 10.6. The fourth-order valence-electron chi connectivity index (χ4n) is 1.93. The van der Waals surface area contributed by atoms with Gasteiger partial charge in [-0.05, 0) is 55.5 Å². The topological polar surface area (TPSA) is 52.6 Å². The highest BCUT2D eigenvalue weighted by atomic mass is 16.5. The van der Waals surface area contributed by atoms with Gasteiger partial charge < -0.3 is 9.47 Å². The molecule has 2 aromatic carbocycles. The molecule has 0 radical (unpaired) electrons. The van der Waals surface area contributed by atoms with E-state index in [0.29, 0.717) is 35.7 Å². The quantitative estimate of drug-likeness (QED) is 0.461. The van der Waals surface area contributed by atoms with Gasteiger partial charge in [0.2, 0.25) is 0 Å². The van der Waals surface area contributed by atoms with Gasteiger partial charge in [-0.3, -0.25) is 4.79 Å². The number of carbonyl (C=O) groups excluding carboxylic acids is 2. The predicted molar refractivity (Wildman–Crippen MR) is 83.6 cm³/mol. The third kappa shape index (κ3) is 3.95. The molecule has 0 spiro atoms. The van der Waals surface area contributed by atoms with Crippen LogP contribution < -0.4 is 9.47 Å². The summed E-state index contributed by atoms with van der Waals surface area (Å²) in [6.07, 6.45) is 0.450. The summed E-state index contributed by atoms with van der Waals surface area (Å²) >= 11 is 0. The lowest BCUT2D eigenvalue weighted by Gasteiger charge is -2.06. The van der Waals surface area contributed by atoms with E-state index in [1.807, 2.05) is 13.8 Å². The van der Waals surface area contributed by atoms with E-state index in [0.717, 1.165) is 0 Å². The van der Waals surface area contributed by atoms with E-state index < -0.39 is 5.97 Å². The smallest absolute Gasteiger partial charge is 0.343 e. The molecule has 0 heterocycles. The van der Waals surface area contributed by atoms with Crippen LogP contribution in [0.5, 0.6) is 11.5 Å². The van der Waals surface area contributed by atoms with Crippen molar-refractivity contribution in [2.45, 2.75) is 20.3 Å². The first-order valence-electron chi connectivity index (χ1n) is 7.22. The zero-order valence-corrected chi connectivity index (χ0v) is 12.7. The normalized spacial score (nSPS) is 10.1. The van der Waals surface area contributed by atoms with Crippen LogP contribution in [0.25, 0.3) is 0 Å². The molecule has 0 amide bonds. The van der Waals surface area contributed by atoms with Crippen LogP contribution in [-0.2, 0) is 0 Å². The molecule has 4 nitrogen and oxygen atoms in total. The summed E-state index contributed by atoms with van der Waals surface area (Å²) in [4.78, 5) is 23.6. The van der Waals surface area contributed by atoms with E-state index in [2.05, 4.69) is 0 Å². The van der Waals surface area contributed by atoms with Gasteiger partial charge in [0.1, 0.15) is 11.5 Å². The summed E-state index contributed by atoms with van der Waals surface area (Å²) in [7, 11) is 0. The molecule has 0 N–H and O–H groups in total. The molecule has 0 saturated heterocycles. The minimum absolute atomic E-state index is 0.0596. The summed E-state index contributed by atoms with van der Waals surface area (Å²) in [6, 6.07) is 13.3. The average Bonchev–Trinajstić information content (AvgIpc) is 2.55. The Morgan fingerprint density at radius 2 is 1.36 bits per heavy atom. The van der Waals surface area contributed by atoms with Crippen LogP contribution in [0.1, 0.15) is 41.0 Å². The molecule has 22 heavy (non-hydrogen) atoms. The van der Waals surface area contributed by atoms with Crippen molar-refractivity contribution in [2.24, 2.45) is 0 Å². The molecule has 114 valence electrons. The Bertz CT molecular complexity index is 642. The van der Waals surface area contributed by atoms with Crippen LogP contribution in [0.15, 0.2) is 48.5 Å². The molecule has 0 aromatic heterocycles. The van der Waals surface area contributed by atoms with Crippen molar-refractivity contribution in [3.05, 3.63) is 59.7 Å². The number of hydrogen-bond acceptors (Lipinski definition) is 4. The number of rotatable bonds is 6. The maximum atomic E-state index is 12.0. The number of ether oxygens (including phenoxy) is 2. The second kappa shape index (κ2) is 7.41. The van der Waals surface area contributed by atoms with Crippen molar-refractivity contribution in [3.63, 3.8) is 0 Å². The van der Waals surface area contributed by atoms with Crippen molar-refractivity contribution < 1.29 is 19.1 Å². The van der Waals surface area contributed by atoms with Crippen LogP contribution in [0.2, 0.25) is 0 Å². The number of ketones is 1. The first-order chi connectivity index (χ1) is 10.6. The Balaban J connectivity index is 2.03. The molecule has 0 aliphatic rings. The van der Waals surface area contributed by atoms with E-state index in [1.54, 1.807) is 48.5 Å². The van der Waals surface area contributed by atoms with Gasteiger partial charge in [-0.25, -0.2) is 4.79 Å². The molecule has 2 aromatic rings. The molecule has 2 rings (SSSR count). The van der Waals surface area contributed by atoms with Gasteiger partial charge in [-0.2, -0.15) is 0 Å². The van der Waals surface area contributed by atoms with Crippen LogP contribution in [0.4, 0.5) is 0 Å². The Morgan fingerprint density at radius 1 is 0.818 bits per heavy atom. The zero-order chi connectivity index (χ0) is 15.9.